The lowest BCUT2D eigenvalue weighted by molar-refractivity contribution is -0.274. The van der Waals surface area contributed by atoms with Gasteiger partial charge in [0.15, 0.2) is 0 Å². The van der Waals surface area contributed by atoms with Crippen LogP contribution in [0.15, 0.2) is 94.4 Å². The van der Waals surface area contributed by atoms with Crippen LogP contribution in [0.5, 0.6) is 11.5 Å². The van der Waals surface area contributed by atoms with Gasteiger partial charge in [-0.25, -0.2) is 14.7 Å². The number of nitrogens with one attached hydrogen (secondary N) is 4. The zero-order chi connectivity index (χ0) is 31.3. The fourth-order valence-corrected chi connectivity index (χ4v) is 5.68. The Morgan fingerprint density at radius 1 is 0.600 bits per heavy atom. The van der Waals surface area contributed by atoms with Crippen LogP contribution in [0, 0.1) is 11.8 Å². The fraction of sp³-hybridized carbons (Fsp3) is 0.471. The highest BCUT2D eigenvalue weighted by molar-refractivity contribution is 5.94. The van der Waals surface area contributed by atoms with Crippen LogP contribution in [-0.4, -0.2) is 85.7 Å². The van der Waals surface area contributed by atoms with Crippen molar-refractivity contribution < 1.29 is 14.2 Å². The molecule has 2 atom stereocenters. The Morgan fingerprint density at radius 3 is 1.33 bits per heavy atom. The molecule has 45 heavy (non-hydrogen) atoms. The molecule has 2 saturated heterocycles. The number of para-hydroxylation sites is 2. The van der Waals surface area contributed by atoms with E-state index < -0.39 is 11.8 Å². The van der Waals surface area contributed by atoms with Gasteiger partial charge in [0.1, 0.15) is 11.5 Å². The molecule has 0 aliphatic carbocycles. The molecule has 6 rings (SSSR count). The van der Waals surface area contributed by atoms with E-state index in [1.165, 1.54) is 0 Å². The van der Waals surface area contributed by atoms with Gasteiger partial charge in [-0.2, -0.15) is 0 Å². The summed E-state index contributed by atoms with van der Waals surface area (Å²) in [4.78, 5) is 14.9. The highest BCUT2D eigenvalue weighted by Gasteiger charge is 2.57. The summed E-state index contributed by atoms with van der Waals surface area (Å²) in [5, 5.41) is 14.0. The molecule has 11 nitrogen and oxygen atoms in total. The smallest absolute Gasteiger partial charge is 0.359 e. The lowest BCUT2D eigenvalue weighted by Gasteiger charge is -2.49. The molecule has 4 aliphatic heterocycles. The van der Waals surface area contributed by atoms with Crippen LogP contribution in [-0.2, 0) is 4.74 Å². The Hall–Kier alpha value is -4.06. The maximum atomic E-state index is 7.36. The monoisotopic (exact) mass is 614 g/mol. The van der Waals surface area contributed by atoms with Gasteiger partial charge >= 0.3 is 11.8 Å². The van der Waals surface area contributed by atoms with E-state index in [9.17, 15) is 0 Å². The quantitative estimate of drug-likeness (QED) is 0.334. The highest BCUT2D eigenvalue weighted by Crippen LogP contribution is 2.35. The molecule has 0 amide bonds. The van der Waals surface area contributed by atoms with Crippen LogP contribution in [0.2, 0.25) is 0 Å². The molecule has 2 fully saturated rings. The summed E-state index contributed by atoms with van der Waals surface area (Å²) >= 11 is 0. The molecule has 240 valence electrons. The molecule has 4 heterocycles. The SMILES string of the molecule is CC(C)C1=CNC(Oc2ccccc2)(OC2(Oc3ccccc3)NC=C(C(C)C)N=C2N2CCNCC2)C(N2CCNCC2)=N1. The molecular weight excluding hydrogens is 568 g/mol. The molecule has 0 spiro atoms. The van der Waals surface area contributed by atoms with Crippen molar-refractivity contribution in [3.8, 4) is 11.5 Å². The number of ether oxygens (including phenoxy) is 3. The van der Waals surface area contributed by atoms with Crippen molar-refractivity contribution in [2.24, 2.45) is 21.8 Å². The first kappa shape index (κ1) is 30.9. The number of aliphatic imine (C=N–C) groups is 2. The van der Waals surface area contributed by atoms with E-state index in [0.717, 1.165) is 63.8 Å². The number of nitrogens with zero attached hydrogens (tertiary/aromatic N) is 4. The number of benzene rings is 2. The number of rotatable bonds is 8. The zero-order valence-electron chi connectivity index (χ0n) is 26.8. The minimum absolute atomic E-state index is 0.182. The second-order valence-corrected chi connectivity index (χ2v) is 12.2. The van der Waals surface area contributed by atoms with Crippen molar-refractivity contribution in [2.45, 2.75) is 39.5 Å². The normalized spacial score (nSPS) is 25.5. The van der Waals surface area contributed by atoms with Crippen LogP contribution in [0.3, 0.4) is 0 Å². The van der Waals surface area contributed by atoms with Crippen LogP contribution in [0.25, 0.3) is 0 Å². The Labute approximate surface area is 266 Å². The summed E-state index contributed by atoms with van der Waals surface area (Å²) in [6, 6.07) is 19.4. The summed E-state index contributed by atoms with van der Waals surface area (Å²) in [6.45, 7) is 14.8. The van der Waals surface area contributed by atoms with Crippen LogP contribution in [0.1, 0.15) is 27.7 Å². The second-order valence-electron chi connectivity index (χ2n) is 12.2. The van der Waals surface area contributed by atoms with E-state index in [4.69, 9.17) is 24.2 Å². The summed E-state index contributed by atoms with van der Waals surface area (Å²) in [5.41, 5.74) is 1.82. The van der Waals surface area contributed by atoms with Crippen LogP contribution >= 0.6 is 0 Å². The van der Waals surface area contributed by atoms with Crippen molar-refractivity contribution >= 4 is 11.7 Å². The third-order valence-corrected chi connectivity index (χ3v) is 8.19. The van der Waals surface area contributed by atoms with Crippen molar-refractivity contribution in [2.75, 3.05) is 52.4 Å². The Balaban J connectivity index is 1.52. The molecule has 2 aromatic rings. The van der Waals surface area contributed by atoms with E-state index in [1.54, 1.807) is 0 Å². The summed E-state index contributed by atoms with van der Waals surface area (Å²) in [7, 11) is 0. The third-order valence-electron chi connectivity index (χ3n) is 8.19. The molecule has 4 N–H and O–H groups in total. The molecule has 0 saturated carbocycles. The van der Waals surface area contributed by atoms with Crippen molar-refractivity contribution in [1.29, 1.82) is 0 Å². The van der Waals surface area contributed by atoms with Gasteiger partial charge in [-0.3, -0.25) is 0 Å². The largest absolute Gasteiger partial charge is 0.438 e. The van der Waals surface area contributed by atoms with Gasteiger partial charge in [0.2, 0.25) is 11.7 Å². The molecule has 2 unspecified atom stereocenters. The lowest BCUT2D eigenvalue weighted by atomic mass is 10.1. The van der Waals surface area contributed by atoms with Gasteiger partial charge in [-0.05, 0) is 36.1 Å². The molecule has 0 bridgehead atoms. The maximum absolute atomic E-state index is 7.36. The van der Waals surface area contributed by atoms with Gasteiger partial charge in [0, 0.05) is 64.8 Å². The van der Waals surface area contributed by atoms with Gasteiger partial charge in [0.05, 0.1) is 11.4 Å². The van der Waals surface area contributed by atoms with Gasteiger partial charge in [-0.15, -0.1) is 0 Å². The van der Waals surface area contributed by atoms with Crippen LogP contribution < -0.4 is 30.7 Å². The van der Waals surface area contributed by atoms with Gasteiger partial charge in [-0.1, -0.05) is 64.1 Å². The summed E-state index contributed by atoms with van der Waals surface area (Å²) < 4.78 is 21.2. The van der Waals surface area contributed by atoms with E-state index in [1.807, 2.05) is 73.1 Å². The standard InChI is InChI=1S/C34H46N8O3/c1-25(2)29-23-37-33(43-27-11-7-5-8-12-27,31(39-29)41-19-15-35-16-20-41)45-34(44-28-13-9-6-10-14-28)32(42-21-17-36-18-22-42)40-30(24-38-34)26(3)4/h5-14,23-26,35-38H,15-22H2,1-4H3. The second kappa shape index (κ2) is 13.5. The van der Waals surface area contributed by atoms with Gasteiger partial charge < -0.3 is 40.5 Å². The predicted molar refractivity (Wildman–Crippen MR) is 177 cm³/mol. The number of piperazine rings is 2. The van der Waals surface area contributed by atoms with Crippen molar-refractivity contribution in [3.05, 3.63) is 84.5 Å². The number of amidine groups is 2. The van der Waals surface area contributed by atoms with E-state index in [2.05, 4.69) is 58.8 Å². The first-order chi connectivity index (χ1) is 21.9. The number of hydrogen-bond donors (Lipinski definition) is 4. The topological polar surface area (TPSA) is 107 Å². The molecule has 0 aromatic heterocycles. The minimum Gasteiger partial charge on any atom is -0.438 e. The molecule has 4 aliphatic rings. The van der Waals surface area contributed by atoms with Crippen LogP contribution in [0.4, 0.5) is 0 Å². The van der Waals surface area contributed by atoms with Crippen molar-refractivity contribution in [3.63, 3.8) is 0 Å². The highest BCUT2D eigenvalue weighted by atomic mass is 16.8. The van der Waals surface area contributed by atoms with E-state index in [-0.39, 0.29) is 11.8 Å². The summed E-state index contributed by atoms with van der Waals surface area (Å²) in [5.74, 6) is -0.291. The minimum atomic E-state index is -1.59. The summed E-state index contributed by atoms with van der Waals surface area (Å²) in [6.07, 6.45) is 3.80. The zero-order valence-corrected chi connectivity index (χ0v) is 26.8. The first-order valence-corrected chi connectivity index (χ1v) is 16.1. The fourth-order valence-electron chi connectivity index (χ4n) is 5.68. The van der Waals surface area contributed by atoms with E-state index >= 15 is 0 Å². The number of hydrogen-bond acceptors (Lipinski definition) is 11. The van der Waals surface area contributed by atoms with Crippen molar-refractivity contribution in [1.82, 2.24) is 31.1 Å². The van der Waals surface area contributed by atoms with E-state index in [0.29, 0.717) is 23.2 Å². The predicted octanol–water partition coefficient (Wildman–Crippen LogP) is 3.28. The third kappa shape index (κ3) is 6.80. The Morgan fingerprint density at radius 2 is 0.978 bits per heavy atom. The average molecular weight is 615 g/mol. The molecule has 11 heteroatoms. The molecule has 2 aromatic carbocycles. The average Bonchev–Trinajstić information content (AvgIpc) is 3.06. The lowest BCUT2D eigenvalue weighted by Crippen LogP contribution is -2.74. The Bertz CT molecular complexity index is 1310. The molecular formula is C34H46N8O3. The Kier molecular flexibility index (Phi) is 9.29. The van der Waals surface area contributed by atoms with Gasteiger partial charge in [0.25, 0.3) is 0 Å². The molecule has 0 radical (unpaired) electrons. The first-order valence-electron chi connectivity index (χ1n) is 16.1. The maximum Gasteiger partial charge on any atom is 0.359 e. The number of allylic oxidation sites excluding steroid dienone is 2.